The van der Waals surface area contributed by atoms with Crippen molar-refractivity contribution in [3.63, 3.8) is 0 Å². The predicted octanol–water partition coefficient (Wildman–Crippen LogP) is 3.50. The van der Waals surface area contributed by atoms with Gasteiger partial charge in [0.05, 0.1) is 17.9 Å². The van der Waals surface area contributed by atoms with Crippen LogP contribution in [0.25, 0.3) is 0 Å². The second kappa shape index (κ2) is 4.77. The highest BCUT2D eigenvalue weighted by atomic mass is 15.0. The number of benzene rings is 2. The van der Waals surface area contributed by atoms with Crippen molar-refractivity contribution in [2.24, 2.45) is 15.0 Å². The summed E-state index contributed by atoms with van der Waals surface area (Å²) in [6.45, 7) is 2.74. The molecule has 2 aliphatic heterocycles. The molecule has 102 valence electrons. The molecule has 2 heterocycles. The van der Waals surface area contributed by atoms with Gasteiger partial charge in [0.2, 0.25) is 0 Å². The molecule has 0 fully saturated rings. The van der Waals surface area contributed by atoms with Gasteiger partial charge in [-0.05, 0) is 24.1 Å². The van der Waals surface area contributed by atoms with Crippen LogP contribution in [0.1, 0.15) is 22.3 Å². The minimum atomic E-state index is 0.645. The smallest absolute Gasteiger partial charge is 0.155 e. The molecular weight excluding hydrogens is 258 g/mol. The van der Waals surface area contributed by atoms with Gasteiger partial charge in [-0.15, -0.1) is 0 Å². The van der Waals surface area contributed by atoms with Gasteiger partial charge in [-0.2, -0.15) is 0 Å². The van der Waals surface area contributed by atoms with Gasteiger partial charge in [0.1, 0.15) is 0 Å². The molecule has 0 bridgehead atoms. The zero-order valence-corrected chi connectivity index (χ0v) is 11.9. The Morgan fingerprint density at radius 2 is 1.95 bits per heavy atom. The van der Waals surface area contributed by atoms with E-state index < -0.39 is 0 Å². The van der Waals surface area contributed by atoms with Crippen LogP contribution in [0.5, 0.6) is 0 Å². The topological polar surface area (TPSA) is 37.1 Å². The van der Waals surface area contributed by atoms with Gasteiger partial charge in [0.15, 0.2) is 5.84 Å². The third kappa shape index (κ3) is 2.11. The Kier molecular flexibility index (Phi) is 2.78. The van der Waals surface area contributed by atoms with Crippen molar-refractivity contribution in [2.75, 3.05) is 6.54 Å². The first-order valence-electron chi connectivity index (χ1n) is 7.15. The molecule has 3 heteroatoms. The molecule has 0 aromatic heterocycles. The van der Waals surface area contributed by atoms with Crippen LogP contribution in [-0.2, 0) is 6.42 Å². The Morgan fingerprint density at radius 3 is 2.86 bits per heavy atom. The lowest BCUT2D eigenvalue weighted by atomic mass is 10.1. The summed E-state index contributed by atoms with van der Waals surface area (Å²) in [6, 6.07) is 14.6. The van der Waals surface area contributed by atoms with Crippen molar-refractivity contribution in [3.05, 3.63) is 64.7 Å². The van der Waals surface area contributed by atoms with E-state index in [0.717, 1.165) is 34.8 Å². The summed E-state index contributed by atoms with van der Waals surface area (Å²) < 4.78 is 0. The van der Waals surface area contributed by atoms with Gasteiger partial charge in [-0.25, -0.2) is 4.99 Å². The zero-order valence-electron chi connectivity index (χ0n) is 11.9. The van der Waals surface area contributed by atoms with Crippen LogP contribution in [0.2, 0.25) is 0 Å². The van der Waals surface area contributed by atoms with Crippen molar-refractivity contribution in [1.29, 1.82) is 0 Å². The van der Waals surface area contributed by atoms with E-state index in [-0.39, 0.29) is 0 Å². The monoisotopic (exact) mass is 273 g/mol. The van der Waals surface area contributed by atoms with Crippen LogP contribution >= 0.6 is 0 Å². The summed E-state index contributed by atoms with van der Waals surface area (Å²) in [5.41, 5.74) is 6.83. The molecule has 4 rings (SSSR count). The van der Waals surface area contributed by atoms with E-state index >= 15 is 0 Å². The summed E-state index contributed by atoms with van der Waals surface area (Å²) in [5.74, 6) is 0.840. The number of hydrogen-bond donors (Lipinski definition) is 0. The van der Waals surface area contributed by atoms with Crippen molar-refractivity contribution < 1.29 is 0 Å². The maximum atomic E-state index is 4.73. The standard InChI is InChI=1S/C18H15N3/c1-12-4-2-3-5-15(12)18-20-11-17(21-18)14-7-6-13-8-9-19-16(13)10-14/h2-7,9-10H,8,11H2,1H3. The summed E-state index contributed by atoms with van der Waals surface area (Å²) in [4.78, 5) is 13.7. The van der Waals surface area contributed by atoms with E-state index in [2.05, 4.69) is 47.2 Å². The Hall–Kier alpha value is -2.55. The summed E-state index contributed by atoms with van der Waals surface area (Å²) >= 11 is 0. The molecule has 0 spiro atoms. The zero-order chi connectivity index (χ0) is 14.2. The van der Waals surface area contributed by atoms with Crippen LogP contribution in [0, 0.1) is 6.92 Å². The van der Waals surface area contributed by atoms with Gasteiger partial charge >= 0.3 is 0 Å². The molecule has 0 saturated carbocycles. The first-order chi connectivity index (χ1) is 10.3. The van der Waals surface area contributed by atoms with E-state index in [4.69, 9.17) is 4.99 Å². The molecule has 2 aromatic rings. The maximum absolute atomic E-state index is 4.73. The summed E-state index contributed by atoms with van der Waals surface area (Å²) in [5, 5.41) is 0. The molecule has 0 radical (unpaired) electrons. The molecule has 0 atom stereocenters. The normalized spacial score (nSPS) is 15.9. The SMILES string of the molecule is Cc1ccccc1C1=NCC(c2ccc3c(c2)N=CC3)=N1. The molecule has 0 aliphatic carbocycles. The van der Waals surface area contributed by atoms with Crippen LogP contribution in [0.15, 0.2) is 57.4 Å². The van der Waals surface area contributed by atoms with Crippen LogP contribution in [0.4, 0.5) is 5.69 Å². The highest BCUT2D eigenvalue weighted by Gasteiger charge is 2.16. The fourth-order valence-corrected chi connectivity index (χ4v) is 2.75. The second-order valence-corrected chi connectivity index (χ2v) is 5.37. The highest BCUT2D eigenvalue weighted by Crippen LogP contribution is 2.26. The van der Waals surface area contributed by atoms with Gasteiger partial charge < -0.3 is 0 Å². The molecule has 2 aromatic carbocycles. The molecular formula is C18H15N3. The van der Waals surface area contributed by atoms with Crippen molar-refractivity contribution in [3.8, 4) is 0 Å². The second-order valence-electron chi connectivity index (χ2n) is 5.37. The van der Waals surface area contributed by atoms with Crippen LogP contribution in [-0.4, -0.2) is 24.3 Å². The van der Waals surface area contributed by atoms with Crippen molar-refractivity contribution >= 4 is 23.4 Å². The number of fused-ring (bicyclic) bond motifs is 1. The number of amidine groups is 1. The van der Waals surface area contributed by atoms with E-state index in [1.807, 2.05) is 18.3 Å². The fraction of sp³-hybridized carbons (Fsp3) is 0.167. The quantitative estimate of drug-likeness (QED) is 0.803. The predicted molar refractivity (Wildman–Crippen MR) is 87.4 cm³/mol. The molecule has 2 aliphatic rings. The lowest BCUT2D eigenvalue weighted by Gasteiger charge is -2.03. The average molecular weight is 273 g/mol. The molecule has 3 nitrogen and oxygen atoms in total. The number of aliphatic imine (C=N–C) groups is 3. The largest absolute Gasteiger partial charge is 0.261 e. The van der Waals surface area contributed by atoms with Gasteiger partial charge in [-0.3, -0.25) is 9.98 Å². The Balaban J connectivity index is 1.69. The highest BCUT2D eigenvalue weighted by molar-refractivity contribution is 6.17. The minimum absolute atomic E-state index is 0.645. The van der Waals surface area contributed by atoms with Crippen LogP contribution in [0.3, 0.4) is 0 Å². The Morgan fingerprint density at radius 1 is 1.05 bits per heavy atom. The number of aryl methyl sites for hydroxylation is 1. The molecule has 0 N–H and O–H groups in total. The lowest BCUT2D eigenvalue weighted by molar-refractivity contribution is 1.32. The number of nitrogens with zero attached hydrogens (tertiary/aromatic N) is 3. The minimum Gasteiger partial charge on any atom is -0.261 e. The molecule has 0 saturated heterocycles. The van der Waals surface area contributed by atoms with E-state index in [0.29, 0.717) is 6.54 Å². The maximum Gasteiger partial charge on any atom is 0.155 e. The number of hydrogen-bond acceptors (Lipinski definition) is 3. The summed E-state index contributed by atoms with van der Waals surface area (Å²) in [6.07, 6.45) is 2.90. The molecule has 21 heavy (non-hydrogen) atoms. The fourth-order valence-electron chi connectivity index (χ4n) is 2.75. The average Bonchev–Trinajstić information content (AvgIpc) is 3.16. The van der Waals surface area contributed by atoms with Gasteiger partial charge in [-0.1, -0.05) is 36.4 Å². The van der Waals surface area contributed by atoms with Gasteiger partial charge in [0, 0.05) is 23.8 Å². The molecule has 0 amide bonds. The van der Waals surface area contributed by atoms with E-state index in [1.165, 1.54) is 11.1 Å². The molecule has 0 unspecified atom stereocenters. The lowest BCUT2D eigenvalue weighted by Crippen LogP contribution is -2.02. The van der Waals surface area contributed by atoms with E-state index in [1.54, 1.807) is 0 Å². The third-order valence-electron chi connectivity index (χ3n) is 3.97. The third-order valence-corrected chi connectivity index (χ3v) is 3.97. The first kappa shape index (κ1) is 12.2. The first-order valence-corrected chi connectivity index (χ1v) is 7.15. The van der Waals surface area contributed by atoms with Crippen LogP contribution < -0.4 is 0 Å². The number of rotatable bonds is 2. The van der Waals surface area contributed by atoms with Crippen molar-refractivity contribution in [2.45, 2.75) is 13.3 Å². The summed E-state index contributed by atoms with van der Waals surface area (Å²) in [7, 11) is 0. The van der Waals surface area contributed by atoms with E-state index in [9.17, 15) is 0 Å². The Bertz CT molecular complexity index is 813. The van der Waals surface area contributed by atoms with Crippen molar-refractivity contribution in [1.82, 2.24) is 0 Å². The van der Waals surface area contributed by atoms with Gasteiger partial charge in [0.25, 0.3) is 0 Å². The Labute approximate surface area is 123 Å².